The van der Waals surface area contributed by atoms with Crippen molar-refractivity contribution in [3.05, 3.63) is 11.7 Å². The predicted molar refractivity (Wildman–Crippen MR) is 72.2 cm³/mol. The Morgan fingerprint density at radius 3 is 2.70 bits per heavy atom. The maximum atomic E-state index is 10.9. The van der Waals surface area contributed by atoms with Crippen LogP contribution >= 0.6 is 0 Å². The van der Waals surface area contributed by atoms with Gasteiger partial charge in [0.15, 0.2) is 5.82 Å². The molecule has 7 nitrogen and oxygen atoms in total. The fourth-order valence-corrected chi connectivity index (χ4v) is 2.34. The molecule has 0 aromatic carbocycles. The van der Waals surface area contributed by atoms with Crippen molar-refractivity contribution in [2.75, 3.05) is 26.2 Å². The Hall–Kier alpha value is -1.47. The van der Waals surface area contributed by atoms with Crippen molar-refractivity contribution in [1.29, 1.82) is 0 Å². The molecule has 112 valence electrons. The maximum Gasteiger partial charge on any atom is 0.320 e. The summed E-state index contributed by atoms with van der Waals surface area (Å²) in [6, 6.07) is -0.420. The molecule has 2 heterocycles. The van der Waals surface area contributed by atoms with Crippen molar-refractivity contribution in [1.82, 2.24) is 19.9 Å². The summed E-state index contributed by atoms with van der Waals surface area (Å²) < 4.78 is 5.22. The molecule has 0 spiro atoms. The number of aromatic nitrogens is 2. The number of aliphatic carboxylic acids is 1. The smallest absolute Gasteiger partial charge is 0.320 e. The number of carbonyl (C=O) groups is 1. The van der Waals surface area contributed by atoms with E-state index in [1.165, 1.54) is 0 Å². The molecule has 1 saturated heterocycles. The molecule has 1 fully saturated rings. The van der Waals surface area contributed by atoms with Gasteiger partial charge in [-0.2, -0.15) is 4.98 Å². The van der Waals surface area contributed by atoms with E-state index >= 15 is 0 Å². The van der Waals surface area contributed by atoms with Gasteiger partial charge in [0.25, 0.3) is 0 Å². The van der Waals surface area contributed by atoms with Crippen molar-refractivity contribution < 1.29 is 14.4 Å². The largest absolute Gasteiger partial charge is 0.480 e. The van der Waals surface area contributed by atoms with E-state index in [1.807, 2.05) is 4.90 Å². The average Bonchev–Trinajstić information content (AvgIpc) is 2.86. The lowest BCUT2D eigenvalue weighted by Gasteiger charge is -2.35. The molecule has 1 N–H and O–H groups in total. The van der Waals surface area contributed by atoms with Gasteiger partial charge in [0.1, 0.15) is 6.04 Å². The SMILES string of the molecule is CCCc1noc(CN2CCN(C(C)C(=O)O)CC2)n1. The number of carboxylic acid groups (broad SMARTS) is 1. The highest BCUT2D eigenvalue weighted by atomic mass is 16.5. The molecule has 1 aliphatic rings. The molecule has 1 unspecified atom stereocenters. The Bertz CT molecular complexity index is 441. The van der Waals surface area contributed by atoms with Crippen molar-refractivity contribution >= 4 is 5.97 Å². The second kappa shape index (κ2) is 6.81. The average molecular weight is 282 g/mol. The lowest BCUT2D eigenvalue weighted by atomic mass is 10.2. The summed E-state index contributed by atoms with van der Waals surface area (Å²) in [6.07, 6.45) is 1.85. The van der Waals surface area contributed by atoms with E-state index in [2.05, 4.69) is 22.0 Å². The van der Waals surface area contributed by atoms with Crippen LogP contribution in [0.1, 0.15) is 32.0 Å². The van der Waals surface area contributed by atoms with E-state index in [4.69, 9.17) is 9.63 Å². The molecule has 1 aromatic heterocycles. The zero-order chi connectivity index (χ0) is 14.5. The fourth-order valence-electron chi connectivity index (χ4n) is 2.34. The van der Waals surface area contributed by atoms with Crippen LogP contribution in [0, 0.1) is 0 Å². The highest BCUT2D eigenvalue weighted by molar-refractivity contribution is 5.72. The van der Waals surface area contributed by atoms with Gasteiger partial charge >= 0.3 is 5.97 Å². The Morgan fingerprint density at radius 2 is 2.10 bits per heavy atom. The highest BCUT2D eigenvalue weighted by Gasteiger charge is 2.25. The van der Waals surface area contributed by atoms with Crippen LogP contribution in [0.2, 0.25) is 0 Å². The first-order valence-corrected chi connectivity index (χ1v) is 7.10. The molecule has 20 heavy (non-hydrogen) atoms. The quantitative estimate of drug-likeness (QED) is 0.818. The molecule has 0 saturated carbocycles. The van der Waals surface area contributed by atoms with Crippen LogP contribution in [-0.4, -0.2) is 63.2 Å². The zero-order valence-electron chi connectivity index (χ0n) is 12.1. The van der Waals surface area contributed by atoms with E-state index in [9.17, 15) is 4.79 Å². The van der Waals surface area contributed by atoms with Gasteiger partial charge in [-0.05, 0) is 13.3 Å². The van der Waals surface area contributed by atoms with Gasteiger partial charge in [-0.3, -0.25) is 14.6 Å². The van der Waals surface area contributed by atoms with Crippen LogP contribution in [0.4, 0.5) is 0 Å². The highest BCUT2D eigenvalue weighted by Crippen LogP contribution is 2.10. The number of aryl methyl sites for hydroxylation is 1. The summed E-state index contributed by atoms with van der Waals surface area (Å²) in [4.78, 5) is 19.5. The molecule has 0 amide bonds. The normalized spacial score (nSPS) is 19.1. The van der Waals surface area contributed by atoms with E-state index < -0.39 is 12.0 Å². The van der Waals surface area contributed by atoms with E-state index in [-0.39, 0.29) is 0 Å². The molecular formula is C13H22N4O3. The van der Waals surface area contributed by atoms with Gasteiger partial charge in [-0.1, -0.05) is 12.1 Å². The Balaban J connectivity index is 1.80. The number of carboxylic acids is 1. The summed E-state index contributed by atoms with van der Waals surface area (Å²) in [5.41, 5.74) is 0. The molecule has 7 heteroatoms. The number of hydrogen-bond acceptors (Lipinski definition) is 6. The molecule has 0 bridgehead atoms. The second-order valence-corrected chi connectivity index (χ2v) is 5.18. The van der Waals surface area contributed by atoms with E-state index in [0.717, 1.165) is 44.8 Å². The monoisotopic (exact) mass is 282 g/mol. The molecule has 2 rings (SSSR count). The van der Waals surface area contributed by atoms with Crippen LogP contribution in [0.15, 0.2) is 4.52 Å². The van der Waals surface area contributed by atoms with Gasteiger partial charge in [0.05, 0.1) is 6.54 Å². The van der Waals surface area contributed by atoms with Gasteiger partial charge in [0.2, 0.25) is 5.89 Å². The molecule has 0 radical (unpaired) electrons. The minimum Gasteiger partial charge on any atom is -0.480 e. The van der Waals surface area contributed by atoms with E-state index in [0.29, 0.717) is 12.4 Å². The molecule has 1 atom stereocenters. The van der Waals surface area contributed by atoms with Crippen LogP contribution in [0.3, 0.4) is 0 Å². The second-order valence-electron chi connectivity index (χ2n) is 5.18. The lowest BCUT2D eigenvalue weighted by Crippen LogP contribution is -2.51. The minimum absolute atomic E-state index is 0.420. The van der Waals surface area contributed by atoms with Crippen LogP contribution in [0.25, 0.3) is 0 Å². The van der Waals surface area contributed by atoms with Crippen LogP contribution < -0.4 is 0 Å². The Morgan fingerprint density at radius 1 is 1.40 bits per heavy atom. The van der Waals surface area contributed by atoms with Crippen LogP contribution in [-0.2, 0) is 17.8 Å². The first-order chi connectivity index (χ1) is 9.60. The maximum absolute atomic E-state index is 10.9. The zero-order valence-corrected chi connectivity index (χ0v) is 12.1. The minimum atomic E-state index is -0.764. The Kier molecular flexibility index (Phi) is 5.08. The third-order valence-corrected chi connectivity index (χ3v) is 3.65. The Labute approximate surface area is 118 Å². The summed E-state index contributed by atoms with van der Waals surface area (Å²) in [5.74, 6) is 0.647. The summed E-state index contributed by atoms with van der Waals surface area (Å²) >= 11 is 0. The topological polar surface area (TPSA) is 82.7 Å². The molecular weight excluding hydrogens is 260 g/mol. The summed E-state index contributed by atoms with van der Waals surface area (Å²) in [5, 5.41) is 12.9. The summed E-state index contributed by atoms with van der Waals surface area (Å²) in [6.45, 7) is 7.61. The van der Waals surface area contributed by atoms with Crippen molar-refractivity contribution in [2.24, 2.45) is 0 Å². The van der Waals surface area contributed by atoms with Gasteiger partial charge < -0.3 is 9.63 Å². The molecule has 0 aliphatic carbocycles. The summed E-state index contributed by atoms with van der Waals surface area (Å²) in [7, 11) is 0. The van der Waals surface area contributed by atoms with E-state index in [1.54, 1.807) is 6.92 Å². The van der Waals surface area contributed by atoms with Gasteiger partial charge in [-0.25, -0.2) is 0 Å². The van der Waals surface area contributed by atoms with Crippen molar-refractivity contribution in [3.63, 3.8) is 0 Å². The van der Waals surface area contributed by atoms with Crippen molar-refractivity contribution in [3.8, 4) is 0 Å². The molecule has 1 aliphatic heterocycles. The number of nitrogens with zero attached hydrogens (tertiary/aromatic N) is 4. The third kappa shape index (κ3) is 3.77. The first-order valence-electron chi connectivity index (χ1n) is 7.10. The standard InChI is InChI=1S/C13H22N4O3/c1-3-4-11-14-12(20-15-11)9-16-5-7-17(8-6-16)10(2)13(18)19/h10H,3-9H2,1-2H3,(H,18,19). The fraction of sp³-hybridized carbons (Fsp3) is 0.769. The third-order valence-electron chi connectivity index (χ3n) is 3.65. The predicted octanol–water partition coefficient (Wildman–Crippen LogP) is 0.613. The number of rotatable bonds is 6. The van der Waals surface area contributed by atoms with Crippen molar-refractivity contribution in [2.45, 2.75) is 39.3 Å². The van der Waals surface area contributed by atoms with Gasteiger partial charge in [-0.15, -0.1) is 0 Å². The van der Waals surface area contributed by atoms with Gasteiger partial charge in [0, 0.05) is 32.6 Å². The lowest BCUT2D eigenvalue weighted by molar-refractivity contribution is -0.143. The number of hydrogen-bond donors (Lipinski definition) is 1. The number of piperazine rings is 1. The molecule has 1 aromatic rings. The first kappa shape index (κ1) is 14.9. The van der Waals surface area contributed by atoms with Crippen LogP contribution in [0.5, 0.6) is 0 Å².